The van der Waals surface area contributed by atoms with Gasteiger partial charge in [0.05, 0.1) is 0 Å². The molecule has 2 N–H and O–H groups in total. The summed E-state index contributed by atoms with van der Waals surface area (Å²) in [5.41, 5.74) is 5.85. The largest absolute Gasteiger partial charge is 0.332 e. The molecular weight excluding hydrogens is 150 g/mol. The second-order valence-corrected chi connectivity index (χ2v) is 3.61. The Labute approximate surface area is 72.6 Å². The van der Waals surface area contributed by atoms with Gasteiger partial charge in [-0.2, -0.15) is 0 Å². The molecule has 0 aliphatic heterocycles. The highest BCUT2D eigenvalue weighted by Crippen LogP contribution is 2.29. The molecule has 0 saturated heterocycles. The lowest BCUT2D eigenvalue weighted by atomic mass is 10.2. The van der Waals surface area contributed by atoms with Gasteiger partial charge in [-0.25, -0.2) is 4.98 Å². The standard InChI is InChI=1S/C9H15N3/c1-7-11-4-5-12(7)9-3-2-8(10)6-9/h4-5,8-9H,2-3,6,10H2,1H3. The Bertz CT molecular complexity index is 266. The van der Waals surface area contributed by atoms with E-state index in [1.165, 1.54) is 6.42 Å². The van der Waals surface area contributed by atoms with Crippen molar-refractivity contribution in [3.05, 3.63) is 18.2 Å². The molecule has 0 aromatic carbocycles. The van der Waals surface area contributed by atoms with Gasteiger partial charge in [-0.3, -0.25) is 0 Å². The summed E-state index contributed by atoms with van der Waals surface area (Å²) >= 11 is 0. The van der Waals surface area contributed by atoms with Crippen molar-refractivity contribution in [3.8, 4) is 0 Å². The van der Waals surface area contributed by atoms with E-state index < -0.39 is 0 Å². The van der Waals surface area contributed by atoms with E-state index in [9.17, 15) is 0 Å². The zero-order chi connectivity index (χ0) is 8.55. The Morgan fingerprint density at radius 3 is 2.92 bits per heavy atom. The number of hydrogen-bond donors (Lipinski definition) is 1. The maximum absolute atomic E-state index is 5.85. The lowest BCUT2D eigenvalue weighted by Gasteiger charge is -2.12. The predicted molar refractivity (Wildman–Crippen MR) is 47.8 cm³/mol. The maximum atomic E-state index is 5.85. The number of aryl methyl sites for hydroxylation is 1. The molecule has 3 heteroatoms. The van der Waals surface area contributed by atoms with Crippen molar-refractivity contribution in [1.82, 2.24) is 9.55 Å². The summed E-state index contributed by atoms with van der Waals surface area (Å²) in [6, 6.07) is 0.999. The molecule has 2 rings (SSSR count). The van der Waals surface area contributed by atoms with E-state index in [-0.39, 0.29) is 0 Å². The van der Waals surface area contributed by atoms with E-state index >= 15 is 0 Å². The van der Waals surface area contributed by atoms with E-state index in [0.717, 1.165) is 18.7 Å². The molecule has 66 valence electrons. The number of nitrogens with zero attached hydrogens (tertiary/aromatic N) is 2. The number of aromatic nitrogens is 2. The van der Waals surface area contributed by atoms with Crippen molar-refractivity contribution in [2.75, 3.05) is 0 Å². The molecule has 0 bridgehead atoms. The van der Waals surface area contributed by atoms with Crippen molar-refractivity contribution in [1.29, 1.82) is 0 Å². The monoisotopic (exact) mass is 165 g/mol. The minimum atomic E-state index is 0.400. The molecule has 1 aliphatic rings. The quantitative estimate of drug-likeness (QED) is 0.680. The second-order valence-electron chi connectivity index (χ2n) is 3.61. The summed E-state index contributed by atoms with van der Waals surface area (Å²) in [6.07, 6.45) is 7.38. The van der Waals surface area contributed by atoms with Gasteiger partial charge in [-0.05, 0) is 26.2 Å². The summed E-state index contributed by atoms with van der Waals surface area (Å²) in [6.45, 7) is 2.05. The zero-order valence-electron chi connectivity index (χ0n) is 7.40. The van der Waals surface area contributed by atoms with Gasteiger partial charge in [0.1, 0.15) is 5.82 Å². The Balaban J connectivity index is 2.16. The van der Waals surface area contributed by atoms with Gasteiger partial charge in [-0.15, -0.1) is 0 Å². The number of nitrogens with two attached hydrogens (primary N) is 1. The first-order valence-electron chi connectivity index (χ1n) is 4.52. The van der Waals surface area contributed by atoms with E-state index in [1.54, 1.807) is 0 Å². The van der Waals surface area contributed by atoms with Crippen LogP contribution >= 0.6 is 0 Å². The van der Waals surface area contributed by atoms with Gasteiger partial charge in [0.25, 0.3) is 0 Å². The van der Waals surface area contributed by atoms with E-state index in [2.05, 4.69) is 15.7 Å². The van der Waals surface area contributed by atoms with Crippen LogP contribution in [0, 0.1) is 6.92 Å². The molecule has 2 unspecified atom stereocenters. The first kappa shape index (κ1) is 7.80. The fourth-order valence-corrected chi connectivity index (χ4v) is 2.02. The first-order valence-corrected chi connectivity index (χ1v) is 4.52. The maximum Gasteiger partial charge on any atom is 0.105 e. The summed E-state index contributed by atoms with van der Waals surface area (Å²) < 4.78 is 2.24. The van der Waals surface area contributed by atoms with E-state index in [0.29, 0.717) is 12.1 Å². The van der Waals surface area contributed by atoms with Gasteiger partial charge in [0.15, 0.2) is 0 Å². The van der Waals surface area contributed by atoms with Crippen molar-refractivity contribution >= 4 is 0 Å². The van der Waals surface area contributed by atoms with Crippen LogP contribution in [0.1, 0.15) is 31.1 Å². The highest BCUT2D eigenvalue weighted by atomic mass is 15.1. The van der Waals surface area contributed by atoms with Gasteiger partial charge >= 0.3 is 0 Å². The lowest BCUT2D eigenvalue weighted by Crippen LogP contribution is -2.16. The van der Waals surface area contributed by atoms with Gasteiger partial charge in [0, 0.05) is 24.5 Å². The van der Waals surface area contributed by atoms with Crippen LogP contribution in [0.25, 0.3) is 0 Å². The molecule has 1 saturated carbocycles. The molecule has 1 heterocycles. The third-order valence-electron chi connectivity index (χ3n) is 2.70. The third kappa shape index (κ3) is 1.25. The van der Waals surface area contributed by atoms with Crippen LogP contribution in [0.2, 0.25) is 0 Å². The van der Waals surface area contributed by atoms with E-state index in [4.69, 9.17) is 5.73 Å². The highest BCUT2D eigenvalue weighted by molar-refractivity contribution is 4.95. The highest BCUT2D eigenvalue weighted by Gasteiger charge is 2.23. The van der Waals surface area contributed by atoms with Gasteiger partial charge < -0.3 is 10.3 Å². The van der Waals surface area contributed by atoms with Crippen LogP contribution in [0.4, 0.5) is 0 Å². The average molecular weight is 165 g/mol. The molecule has 1 fully saturated rings. The summed E-state index contributed by atoms with van der Waals surface area (Å²) in [5, 5.41) is 0. The normalized spacial score (nSPS) is 29.5. The average Bonchev–Trinajstić information content (AvgIpc) is 2.58. The Hall–Kier alpha value is -0.830. The van der Waals surface area contributed by atoms with Crippen LogP contribution in [0.15, 0.2) is 12.4 Å². The number of imidazole rings is 1. The first-order chi connectivity index (χ1) is 5.77. The Kier molecular flexibility index (Phi) is 1.89. The van der Waals surface area contributed by atoms with Crippen LogP contribution in [0.5, 0.6) is 0 Å². The summed E-state index contributed by atoms with van der Waals surface area (Å²) in [4.78, 5) is 4.21. The number of hydrogen-bond acceptors (Lipinski definition) is 2. The Morgan fingerprint density at radius 2 is 2.42 bits per heavy atom. The minimum absolute atomic E-state index is 0.400. The molecule has 12 heavy (non-hydrogen) atoms. The third-order valence-corrected chi connectivity index (χ3v) is 2.70. The second kappa shape index (κ2) is 2.90. The topological polar surface area (TPSA) is 43.8 Å². The van der Waals surface area contributed by atoms with Crippen molar-refractivity contribution in [2.24, 2.45) is 5.73 Å². The molecule has 3 nitrogen and oxygen atoms in total. The molecule has 2 atom stereocenters. The fraction of sp³-hybridized carbons (Fsp3) is 0.667. The molecule has 1 aliphatic carbocycles. The van der Waals surface area contributed by atoms with Crippen molar-refractivity contribution < 1.29 is 0 Å². The molecule has 1 aromatic heterocycles. The van der Waals surface area contributed by atoms with Crippen LogP contribution in [-0.2, 0) is 0 Å². The van der Waals surface area contributed by atoms with Crippen molar-refractivity contribution in [3.63, 3.8) is 0 Å². The predicted octanol–water partition coefficient (Wildman–Crippen LogP) is 1.24. The number of rotatable bonds is 1. The van der Waals surface area contributed by atoms with Crippen LogP contribution in [0.3, 0.4) is 0 Å². The van der Waals surface area contributed by atoms with Crippen LogP contribution in [-0.4, -0.2) is 15.6 Å². The van der Waals surface area contributed by atoms with Gasteiger partial charge in [-0.1, -0.05) is 0 Å². The smallest absolute Gasteiger partial charge is 0.105 e. The summed E-state index contributed by atoms with van der Waals surface area (Å²) in [7, 11) is 0. The van der Waals surface area contributed by atoms with Crippen LogP contribution < -0.4 is 5.73 Å². The molecule has 1 aromatic rings. The molecule has 0 spiro atoms. The molecule has 0 amide bonds. The van der Waals surface area contributed by atoms with E-state index in [1.807, 2.05) is 13.1 Å². The van der Waals surface area contributed by atoms with Gasteiger partial charge in [0.2, 0.25) is 0 Å². The SMILES string of the molecule is Cc1nccn1C1CCC(N)C1. The fourth-order valence-electron chi connectivity index (χ4n) is 2.02. The zero-order valence-corrected chi connectivity index (χ0v) is 7.40. The molecular formula is C9H15N3. The lowest BCUT2D eigenvalue weighted by molar-refractivity contribution is 0.498. The summed E-state index contributed by atoms with van der Waals surface area (Å²) in [5.74, 6) is 1.11. The van der Waals surface area contributed by atoms with Crippen molar-refractivity contribution in [2.45, 2.75) is 38.3 Å². The molecule has 0 radical (unpaired) electrons. The minimum Gasteiger partial charge on any atom is -0.332 e. The Morgan fingerprint density at radius 1 is 1.58 bits per heavy atom.